The van der Waals surface area contributed by atoms with Gasteiger partial charge in [-0.25, -0.2) is 4.98 Å². The Balaban J connectivity index is 1.85. The van der Waals surface area contributed by atoms with Crippen LogP contribution in [0.2, 0.25) is 0 Å². The first-order chi connectivity index (χ1) is 10.8. The van der Waals surface area contributed by atoms with Crippen LogP contribution in [0.3, 0.4) is 0 Å². The molecule has 1 aromatic heterocycles. The van der Waals surface area contributed by atoms with Gasteiger partial charge in [0.15, 0.2) is 5.13 Å². The number of nitro benzene ring substituents is 1. The maximum atomic E-state index is 12.5. The number of fused-ring (bicyclic) bond motifs is 1. The minimum absolute atomic E-state index is 0.0396. The smallest absolute Gasteiger partial charge is 0.332 e. The van der Waals surface area contributed by atoms with Gasteiger partial charge < -0.3 is 5.32 Å². The summed E-state index contributed by atoms with van der Waals surface area (Å²) >= 11 is 1.18. The standard InChI is InChI=1S/C14H8F3N3O2S/c15-14(16,17)8-1-3-9(4-2-8)18-13-19-11-6-5-10(20(21)22)7-12(11)23-13/h1-7H,(H,18,19). The fraction of sp³-hybridized carbons (Fsp3) is 0.0714. The molecule has 0 unspecified atom stereocenters. The molecule has 0 fully saturated rings. The number of nitrogens with zero attached hydrogens (tertiary/aromatic N) is 2. The summed E-state index contributed by atoms with van der Waals surface area (Å²) < 4.78 is 38.1. The minimum Gasteiger partial charge on any atom is -0.332 e. The molecule has 5 nitrogen and oxygen atoms in total. The summed E-state index contributed by atoms with van der Waals surface area (Å²) in [5.74, 6) is 0. The van der Waals surface area contributed by atoms with Crippen LogP contribution in [0.25, 0.3) is 10.2 Å². The van der Waals surface area contributed by atoms with Crippen molar-refractivity contribution in [2.24, 2.45) is 0 Å². The highest BCUT2D eigenvalue weighted by atomic mass is 32.1. The molecule has 118 valence electrons. The summed E-state index contributed by atoms with van der Waals surface area (Å²) in [7, 11) is 0. The van der Waals surface area contributed by atoms with Crippen molar-refractivity contribution in [3.63, 3.8) is 0 Å². The molecule has 2 aromatic carbocycles. The first-order valence-electron chi connectivity index (χ1n) is 6.32. The lowest BCUT2D eigenvalue weighted by Crippen LogP contribution is -2.04. The number of alkyl halides is 3. The van der Waals surface area contributed by atoms with Gasteiger partial charge in [-0.15, -0.1) is 0 Å². The molecule has 3 rings (SSSR count). The van der Waals surface area contributed by atoms with Gasteiger partial charge in [0.1, 0.15) is 0 Å². The normalized spacial score (nSPS) is 11.6. The minimum atomic E-state index is -4.38. The molecule has 0 atom stereocenters. The van der Waals surface area contributed by atoms with E-state index in [1.54, 1.807) is 0 Å². The number of nitrogens with one attached hydrogen (secondary N) is 1. The van der Waals surface area contributed by atoms with Gasteiger partial charge in [-0.3, -0.25) is 10.1 Å². The third-order valence-electron chi connectivity index (χ3n) is 3.05. The Morgan fingerprint density at radius 3 is 2.43 bits per heavy atom. The van der Waals surface area contributed by atoms with Crippen molar-refractivity contribution >= 4 is 38.1 Å². The van der Waals surface area contributed by atoms with Crippen LogP contribution in [0.15, 0.2) is 42.5 Å². The Labute approximate surface area is 131 Å². The highest BCUT2D eigenvalue weighted by molar-refractivity contribution is 7.22. The van der Waals surface area contributed by atoms with Crippen molar-refractivity contribution in [2.45, 2.75) is 6.18 Å². The van der Waals surface area contributed by atoms with Crippen LogP contribution in [0.1, 0.15) is 5.56 Å². The van der Waals surface area contributed by atoms with Crippen molar-refractivity contribution in [1.29, 1.82) is 0 Å². The molecule has 0 bridgehead atoms. The van der Waals surface area contributed by atoms with E-state index >= 15 is 0 Å². The van der Waals surface area contributed by atoms with Gasteiger partial charge in [-0.1, -0.05) is 11.3 Å². The number of hydrogen-bond donors (Lipinski definition) is 1. The third-order valence-corrected chi connectivity index (χ3v) is 3.98. The zero-order chi connectivity index (χ0) is 16.6. The van der Waals surface area contributed by atoms with Gasteiger partial charge in [0.2, 0.25) is 0 Å². The van der Waals surface area contributed by atoms with Crippen molar-refractivity contribution < 1.29 is 18.1 Å². The van der Waals surface area contributed by atoms with E-state index < -0.39 is 16.7 Å². The van der Waals surface area contributed by atoms with Gasteiger partial charge in [-0.05, 0) is 30.3 Å². The number of halogens is 3. The maximum Gasteiger partial charge on any atom is 0.416 e. The quantitative estimate of drug-likeness (QED) is 0.540. The molecule has 0 amide bonds. The van der Waals surface area contributed by atoms with Crippen molar-refractivity contribution in [3.8, 4) is 0 Å². The number of non-ortho nitro benzene ring substituents is 1. The molecule has 0 aliphatic heterocycles. The Morgan fingerprint density at radius 2 is 1.83 bits per heavy atom. The lowest BCUT2D eigenvalue weighted by molar-refractivity contribution is -0.384. The van der Waals surface area contributed by atoms with Crippen LogP contribution in [-0.4, -0.2) is 9.91 Å². The van der Waals surface area contributed by atoms with Crippen molar-refractivity contribution in [2.75, 3.05) is 5.32 Å². The monoisotopic (exact) mass is 339 g/mol. The van der Waals surface area contributed by atoms with Gasteiger partial charge in [-0.2, -0.15) is 13.2 Å². The maximum absolute atomic E-state index is 12.5. The Bertz CT molecular complexity index is 875. The summed E-state index contributed by atoms with van der Waals surface area (Å²) in [5, 5.41) is 14.1. The number of anilines is 2. The Kier molecular flexibility index (Phi) is 3.64. The number of nitro groups is 1. The first kappa shape index (κ1) is 15.2. The predicted octanol–water partition coefficient (Wildman–Crippen LogP) is 4.97. The zero-order valence-corrected chi connectivity index (χ0v) is 12.1. The zero-order valence-electron chi connectivity index (χ0n) is 11.3. The van der Waals surface area contributed by atoms with E-state index in [1.807, 2.05) is 0 Å². The number of aromatic nitrogens is 1. The summed E-state index contributed by atoms with van der Waals surface area (Å²) in [4.78, 5) is 14.5. The molecule has 3 aromatic rings. The van der Waals surface area contributed by atoms with Crippen LogP contribution in [0.5, 0.6) is 0 Å². The van der Waals surface area contributed by atoms with E-state index in [0.717, 1.165) is 12.1 Å². The molecule has 9 heteroatoms. The Morgan fingerprint density at radius 1 is 1.13 bits per heavy atom. The highest BCUT2D eigenvalue weighted by Gasteiger charge is 2.29. The predicted molar refractivity (Wildman–Crippen MR) is 81.0 cm³/mol. The van der Waals surface area contributed by atoms with Crippen molar-refractivity contribution in [3.05, 3.63) is 58.1 Å². The van der Waals surface area contributed by atoms with E-state index in [9.17, 15) is 23.3 Å². The number of thiazole rings is 1. The SMILES string of the molecule is O=[N+]([O-])c1ccc2nc(Nc3ccc(C(F)(F)F)cc3)sc2c1. The highest BCUT2D eigenvalue weighted by Crippen LogP contribution is 2.33. The van der Waals surface area contributed by atoms with Crippen LogP contribution < -0.4 is 5.32 Å². The number of benzene rings is 2. The summed E-state index contributed by atoms with van der Waals surface area (Å²) in [6.07, 6.45) is -4.38. The van der Waals surface area contributed by atoms with Gasteiger partial charge in [0.05, 0.1) is 20.7 Å². The molecule has 0 aliphatic carbocycles. The molecule has 23 heavy (non-hydrogen) atoms. The second kappa shape index (κ2) is 5.51. The molecule has 0 aliphatic rings. The lowest BCUT2D eigenvalue weighted by Gasteiger charge is -2.07. The van der Waals surface area contributed by atoms with E-state index in [0.29, 0.717) is 21.0 Å². The average Bonchev–Trinajstić information content (AvgIpc) is 2.87. The van der Waals surface area contributed by atoms with Crippen LogP contribution in [0.4, 0.5) is 29.7 Å². The average molecular weight is 339 g/mol. The molecule has 0 spiro atoms. The van der Waals surface area contributed by atoms with Gasteiger partial charge in [0.25, 0.3) is 5.69 Å². The second-order valence-electron chi connectivity index (χ2n) is 4.63. The van der Waals surface area contributed by atoms with Crippen molar-refractivity contribution in [1.82, 2.24) is 4.98 Å². The van der Waals surface area contributed by atoms with E-state index in [2.05, 4.69) is 10.3 Å². The largest absolute Gasteiger partial charge is 0.416 e. The van der Waals surface area contributed by atoms with Crippen LogP contribution >= 0.6 is 11.3 Å². The molecule has 0 saturated heterocycles. The van der Waals surface area contributed by atoms with Gasteiger partial charge >= 0.3 is 6.18 Å². The second-order valence-corrected chi connectivity index (χ2v) is 5.66. The Hall–Kier alpha value is -2.68. The summed E-state index contributed by atoms with van der Waals surface area (Å²) in [5.41, 5.74) is 0.256. The summed E-state index contributed by atoms with van der Waals surface area (Å²) in [6, 6.07) is 8.84. The molecule has 1 N–H and O–H groups in total. The fourth-order valence-corrected chi connectivity index (χ4v) is 2.87. The molecular weight excluding hydrogens is 331 g/mol. The van der Waals surface area contributed by atoms with E-state index in [-0.39, 0.29) is 5.69 Å². The number of rotatable bonds is 3. The molecule has 0 saturated carbocycles. The molecule has 0 radical (unpaired) electrons. The lowest BCUT2D eigenvalue weighted by atomic mass is 10.2. The molecular formula is C14H8F3N3O2S. The number of hydrogen-bond acceptors (Lipinski definition) is 5. The van der Waals surface area contributed by atoms with Crippen LogP contribution in [0, 0.1) is 10.1 Å². The topological polar surface area (TPSA) is 68.1 Å². The summed E-state index contributed by atoms with van der Waals surface area (Å²) in [6.45, 7) is 0. The van der Waals surface area contributed by atoms with E-state index in [1.165, 1.54) is 41.7 Å². The van der Waals surface area contributed by atoms with Gasteiger partial charge in [0, 0.05) is 17.8 Å². The first-order valence-corrected chi connectivity index (χ1v) is 7.14. The van der Waals surface area contributed by atoms with Crippen LogP contribution in [-0.2, 0) is 6.18 Å². The molecule has 1 heterocycles. The fourth-order valence-electron chi connectivity index (χ4n) is 1.95. The third kappa shape index (κ3) is 3.24. The van der Waals surface area contributed by atoms with E-state index in [4.69, 9.17) is 0 Å².